The third-order valence-corrected chi connectivity index (χ3v) is 7.06. The lowest BCUT2D eigenvalue weighted by Crippen LogP contribution is -2.17. The third-order valence-electron chi connectivity index (χ3n) is 7.06. The molecule has 2 aliphatic carbocycles. The first kappa shape index (κ1) is 23.1. The van der Waals surface area contributed by atoms with E-state index in [2.05, 4.69) is 23.8 Å². The first-order valence-corrected chi connectivity index (χ1v) is 11.6. The van der Waals surface area contributed by atoms with Gasteiger partial charge in [-0.1, -0.05) is 31.9 Å². The molecule has 0 aliphatic heterocycles. The van der Waals surface area contributed by atoms with E-state index < -0.39 is 24.0 Å². The molecule has 0 aromatic heterocycles. The summed E-state index contributed by atoms with van der Waals surface area (Å²) in [6.07, 6.45) is 17.6. The minimum absolute atomic E-state index is 0.0895. The average molecular weight is 427 g/mol. The van der Waals surface area contributed by atoms with Crippen molar-refractivity contribution in [2.24, 2.45) is 17.8 Å². The van der Waals surface area contributed by atoms with Crippen LogP contribution in [-0.4, -0.2) is 6.61 Å². The van der Waals surface area contributed by atoms with Gasteiger partial charge in [0.1, 0.15) is 0 Å². The molecule has 2 aliphatic rings. The van der Waals surface area contributed by atoms with E-state index in [4.69, 9.17) is 0 Å². The van der Waals surface area contributed by atoms with Crippen LogP contribution in [0.15, 0.2) is 24.3 Å². The quantitative estimate of drug-likeness (QED) is 0.299. The monoisotopic (exact) mass is 426 g/mol. The Hall–Kier alpha value is -1.52. The van der Waals surface area contributed by atoms with Gasteiger partial charge in [0.2, 0.25) is 0 Å². The first-order chi connectivity index (χ1) is 14.5. The van der Waals surface area contributed by atoms with Gasteiger partial charge in [0.25, 0.3) is 0 Å². The summed E-state index contributed by atoms with van der Waals surface area (Å²) in [6, 6.07) is 2.33. The molecule has 1 aromatic rings. The van der Waals surface area contributed by atoms with E-state index in [0.29, 0.717) is 11.5 Å². The van der Waals surface area contributed by atoms with E-state index >= 15 is 0 Å². The Morgan fingerprint density at radius 1 is 0.900 bits per heavy atom. The standard InChI is InChI=1S/C25H34F4O/c1-2-3-4-17-5-7-18(8-6-17)9-10-19-11-13-20(14-12-19)21-15-22(26)24(23(27)16-21)30-25(28)29/h3-4,15-20,25H,2,5-14H2,1H3/b4-3+/t17-,18-,19-,20-. The highest BCUT2D eigenvalue weighted by Crippen LogP contribution is 2.41. The van der Waals surface area contributed by atoms with E-state index in [0.717, 1.165) is 56.1 Å². The second-order valence-electron chi connectivity index (χ2n) is 9.10. The molecule has 2 saturated carbocycles. The van der Waals surface area contributed by atoms with E-state index in [1.165, 1.54) is 38.5 Å². The van der Waals surface area contributed by atoms with E-state index in [1.54, 1.807) is 0 Å². The van der Waals surface area contributed by atoms with Crippen LogP contribution in [0.1, 0.15) is 89.0 Å². The van der Waals surface area contributed by atoms with Gasteiger partial charge in [-0.25, -0.2) is 8.78 Å². The Balaban J connectivity index is 1.43. The van der Waals surface area contributed by atoms with Gasteiger partial charge in [0, 0.05) is 0 Å². The zero-order valence-electron chi connectivity index (χ0n) is 17.9. The van der Waals surface area contributed by atoms with Gasteiger partial charge in [-0.05, 0) is 99.2 Å². The summed E-state index contributed by atoms with van der Waals surface area (Å²) in [7, 11) is 0. The summed E-state index contributed by atoms with van der Waals surface area (Å²) in [6.45, 7) is -1.06. The van der Waals surface area contributed by atoms with Crippen LogP contribution < -0.4 is 4.74 Å². The fraction of sp³-hybridized carbons (Fsp3) is 0.680. The van der Waals surface area contributed by atoms with Crippen LogP contribution in [0.3, 0.4) is 0 Å². The Morgan fingerprint density at radius 2 is 1.43 bits per heavy atom. The van der Waals surface area contributed by atoms with Gasteiger partial charge in [-0.15, -0.1) is 0 Å². The number of rotatable bonds is 8. The Labute approximate surface area is 177 Å². The van der Waals surface area contributed by atoms with Crippen LogP contribution in [-0.2, 0) is 0 Å². The molecular weight excluding hydrogens is 392 g/mol. The molecular formula is C25H34F4O. The van der Waals surface area contributed by atoms with Gasteiger partial charge in [-0.3, -0.25) is 0 Å². The molecule has 0 saturated heterocycles. The number of halogens is 4. The van der Waals surface area contributed by atoms with Gasteiger partial charge in [0.15, 0.2) is 17.4 Å². The van der Waals surface area contributed by atoms with Crippen molar-refractivity contribution in [2.45, 2.75) is 90.1 Å². The normalized spacial score (nSPS) is 27.7. The summed E-state index contributed by atoms with van der Waals surface area (Å²) in [4.78, 5) is 0. The minimum Gasteiger partial charge on any atom is -0.429 e. The predicted octanol–water partition coefficient (Wildman–Crippen LogP) is 8.39. The summed E-state index contributed by atoms with van der Waals surface area (Å²) >= 11 is 0. The van der Waals surface area contributed by atoms with Gasteiger partial charge >= 0.3 is 6.61 Å². The molecule has 0 radical (unpaired) electrons. The molecule has 5 heteroatoms. The van der Waals surface area contributed by atoms with Gasteiger partial charge in [0.05, 0.1) is 0 Å². The lowest BCUT2D eigenvalue weighted by molar-refractivity contribution is -0.0546. The zero-order chi connectivity index (χ0) is 21.5. The zero-order valence-corrected chi connectivity index (χ0v) is 17.9. The SMILES string of the molecule is CC/C=C/[C@H]1CC[C@H](CC[C@H]2CC[C@H](c3cc(F)c(OC(F)F)c(F)c3)CC2)CC1. The maximum Gasteiger partial charge on any atom is 0.387 e. The van der Waals surface area contributed by atoms with E-state index in [-0.39, 0.29) is 5.92 Å². The van der Waals surface area contributed by atoms with Crippen LogP contribution in [0.5, 0.6) is 5.75 Å². The average Bonchev–Trinajstić information content (AvgIpc) is 2.74. The molecule has 1 aromatic carbocycles. The van der Waals surface area contributed by atoms with Crippen molar-refractivity contribution in [3.63, 3.8) is 0 Å². The molecule has 0 spiro atoms. The molecule has 0 N–H and O–H groups in total. The molecule has 168 valence electrons. The summed E-state index contributed by atoms with van der Waals surface area (Å²) in [5, 5.41) is 0. The summed E-state index contributed by atoms with van der Waals surface area (Å²) in [5.74, 6) is -0.674. The number of benzene rings is 1. The number of ether oxygens (including phenoxy) is 1. The van der Waals surface area contributed by atoms with Crippen molar-refractivity contribution in [1.82, 2.24) is 0 Å². The highest BCUT2D eigenvalue weighted by molar-refractivity contribution is 5.33. The smallest absolute Gasteiger partial charge is 0.387 e. The van der Waals surface area contributed by atoms with Crippen LogP contribution in [0.2, 0.25) is 0 Å². The van der Waals surface area contributed by atoms with Crippen molar-refractivity contribution in [2.75, 3.05) is 0 Å². The van der Waals surface area contributed by atoms with Crippen molar-refractivity contribution in [1.29, 1.82) is 0 Å². The van der Waals surface area contributed by atoms with Crippen LogP contribution in [0.4, 0.5) is 17.6 Å². The highest BCUT2D eigenvalue weighted by Gasteiger charge is 2.26. The molecule has 2 fully saturated rings. The fourth-order valence-electron chi connectivity index (χ4n) is 5.27. The van der Waals surface area contributed by atoms with Crippen molar-refractivity contribution < 1.29 is 22.3 Å². The van der Waals surface area contributed by atoms with Crippen molar-refractivity contribution >= 4 is 0 Å². The lowest BCUT2D eigenvalue weighted by atomic mass is 9.74. The molecule has 0 amide bonds. The van der Waals surface area contributed by atoms with Crippen molar-refractivity contribution in [3.05, 3.63) is 41.5 Å². The van der Waals surface area contributed by atoms with E-state index in [9.17, 15) is 17.6 Å². The topological polar surface area (TPSA) is 9.23 Å². The van der Waals surface area contributed by atoms with Crippen LogP contribution >= 0.6 is 0 Å². The minimum atomic E-state index is -3.24. The molecule has 0 atom stereocenters. The van der Waals surface area contributed by atoms with Crippen molar-refractivity contribution in [3.8, 4) is 5.75 Å². The summed E-state index contributed by atoms with van der Waals surface area (Å²) in [5.41, 5.74) is 0.559. The Kier molecular flexibility index (Phi) is 8.64. The van der Waals surface area contributed by atoms with Gasteiger partial charge < -0.3 is 4.74 Å². The maximum atomic E-state index is 14.0. The molecule has 30 heavy (non-hydrogen) atoms. The lowest BCUT2D eigenvalue weighted by Gasteiger charge is -2.31. The molecule has 1 nitrogen and oxygen atoms in total. The number of allylic oxidation sites excluding steroid dienone is 2. The molecule has 0 unspecified atom stereocenters. The largest absolute Gasteiger partial charge is 0.429 e. The third kappa shape index (κ3) is 6.49. The Morgan fingerprint density at radius 3 is 1.93 bits per heavy atom. The molecule has 0 bridgehead atoms. The molecule has 0 heterocycles. The molecule has 3 rings (SSSR count). The van der Waals surface area contributed by atoms with E-state index in [1.807, 2.05) is 0 Å². The second kappa shape index (κ2) is 11.2. The number of hydrogen-bond donors (Lipinski definition) is 0. The number of alkyl halides is 2. The van der Waals surface area contributed by atoms with Crippen LogP contribution in [0.25, 0.3) is 0 Å². The number of hydrogen-bond acceptors (Lipinski definition) is 1. The van der Waals surface area contributed by atoms with Gasteiger partial charge in [-0.2, -0.15) is 8.78 Å². The maximum absolute atomic E-state index is 14.0. The predicted molar refractivity (Wildman–Crippen MR) is 112 cm³/mol. The highest BCUT2D eigenvalue weighted by atomic mass is 19.3. The van der Waals surface area contributed by atoms with Crippen LogP contribution in [0, 0.1) is 29.4 Å². The first-order valence-electron chi connectivity index (χ1n) is 11.6. The second-order valence-corrected chi connectivity index (χ2v) is 9.10. The summed E-state index contributed by atoms with van der Waals surface area (Å²) < 4.78 is 56.6. The fourth-order valence-corrected chi connectivity index (χ4v) is 5.27. The Bertz CT molecular complexity index is 663.